The quantitative estimate of drug-likeness (QED) is 0.163. The molecule has 2 unspecified atom stereocenters. The van der Waals surface area contributed by atoms with E-state index < -0.39 is 11.9 Å². The molecule has 1 aliphatic heterocycles. The molecule has 1 aliphatic rings. The Hall–Kier alpha value is -3.28. The summed E-state index contributed by atoms with van der Waals surface area (Å²) in [6.45, 7) is 4.41. The number of nitrogens with zero attached hydrogens (tertiary/aromatic N) is 2. The van der Waals surface area contributed by atoms with Crippen LogP contribution >= 0.6 is 0 Å². The van der Waals surface area contributed by atoms with E-state index in [4.69, 9.17) is 19.9 Å². The highest BCUT2D eigenvalue weighted by atomic mass is 16.7. The molecule has 1 heterocycles. The summed E-state index contributed by atoms with van der Waals surface area (Å²) in [5, 5.41) is 15.3. The van der Waals surface area contributed by atoms with E-state index in [9.17, 15) is 5.26 Å². The molecule has 31 heavy (non-hydrogen) atoms. The Morgan fingerprint density at radius 1 is 1.26 bits per heavy atom. The molecule has 2 aromatic carbocycles. The number of anilines is 1. The number of nitrogens with two attached hydrogens (primary N) is 1. The van der Waals surface area contributed by atoms with Crippen LogP contribution in [0.15, 0.2) is 53.5 Å². The van der Waals surface area contributed by atoms with Crippen molar-refractivity contribution in [1.29, 1.82) is 5.26 Å². The van der Waals surface area contributed by atoms with Gasteiger partial charge in [-0.2, -0.15) is 5.26 Å². The fourth-order valence-electron chi connectivity index (χ4n) is 3.94. The third kappa shape index (κ3) is 4.74. The van der Waals surface area contributed by atoms with Crippen molar-refractivity contribution >= 4 is 11.6 Å². The summed E-state index contributed by atoms with van der Waals surface area (Å²) in [6.07, 6.45) is 1.36. The number of nitrogens with one attached hydrogen (secondary N) is 2. The zero-order valence-electron chi connectivity index (χ0n) is 18.3. The van der Waals surface area contributed by atoms with Gasteiger partial charge in [0, 0.05) is 31.4 Å². The van der Waals surface area contributed by atoms with Gasteiger partial charge < -0.3 is 25.3 Å². The third-order valence-corrected chi connectivity index (χ3v) is 5.73. The van der Waals surface area contributed by atoms with E-state index in [1.165, 1.54) is 0 Å². The second-order valence-electron chi connectivity index (χ2n) is 7.68. The Bertz CT molecular complexity index is 955. The summed E-state index contributed by atoms with van der Waals surface area (Å²) in [6, 6.07) is 15.1. The van der Waals surface area contributed by atoms with Gasteiger partial charge in [-0.15, -0.1) is 0 Å². The average molecular weight is 424 g/mol. The average Bonchev–Trinajstić information content (AvgIpc) is 2.77. The number of methoxy groups -OCH3 is 2. The standard InChI is InChI=1S/C23H29N5O3/c1-15-20(28-22(27-14-24)26-13-16-8-6-5-7-9-16)18-12-17(25)10-11-19(18)31-23(15,2)21(29-3)30-4/h5-12,15,20-21H,13,25H2,1-4H3,(H2,26,27,28)/t15?,20?,23-/m1/s1. The lowest BCUT2D eigenvalue weighted by atomic mass is 9.78. The van der Waals surface area contributed by atoms with Crippen LogP contribution in [-0.2, 0) is 16.0 Å². The fraction of sp³-hybridized carbons (Fsp3) is 0.391. The zero-order chi connectivity index (χ0) is 22.4. The molecule has 0 aromatic heterocycles. The number of hydrogen-bond donors (Lipinski definition) is 3. The van der Waals surface area contributed by atoms with Crippen molar-refractivity contribution in [2.75, 3.05) is 20.0 Å². The lowest BCUT2D eigenvalue weighted by Gasteiger charge is -2.48. The van der Waals surface area contributed by atoms with Crippen LogP contribution in [0.3, 0.4) is 0 Å². The van der Waals surface area contributed by atoms with Gasteiger partial charge in [-0.05, 0) is 30.7 Å². The first-order valence-electron chi connectivity index (χ1n) is 10.1. The molecule has 8 heteroatoms. The predicted octanol–water partition coefficient (Wildman–Crippen LogP) is 2.93. The summed E-state index contributed by atoms with van der Waals surface area (Å²) in [5.74, 6) is 0.909. The Labute approximate surface area is 183 Å². The second kappa shape index (κ2) is 9.69. The molecule has 0 fully saturated rings. The zero-order valence-corrected chi connectivity index (χ0v) is 18.3. The van der Waals surface area contributed by atoms with Crippen LogP contribution in [-0.4, -0.2) is 32.1 Å². The summed E-state index contributed by atoms with van der Waals surface area (Å²) in [5.41, 5.74) is 7.79. The number of benzene rings is 2. The summed E-state index contributed by atoms with van der Waals surface area (Å²) in [7, 11) is 3.17. The van der Waals surface area contributed by atoms with Gasteiger partial charge in [-0.1, -0.05) is 37.3 Å². The van der Waals surface area contributed by atoms with E-state index >= 15 is 0 Å². The Morgan fingerprint density at radius 2 is 1.97 bits per heavy atom. The third-order valence-electron chi connectivity index (χ3n) is 5.73. The topological polar surface area (TPSA) is 114 Å². The van der Waals surface area contributed by atoms with Crippen LogP contribution in [0.1, 0.15) is 31.0 Å². The summed E-state index contributed by atoms with van der Waals surface area (Å²) < 4.78 is 17.5. The SMILES string of the molecule is COC(OC)[C@]1(C)Oc2ccc(N)cc2C(NC(=NCc2ccccc2)NC#N)C1C. The van der Waals surface area contributed by atoms with Gasteiger partial charge in [-0.25, -0.2) is 4.99 Å². The summed E-state index contributed by atoms with van der Waals surface area (Å²) >= 11 is 0. The lowest BCUT2D eigenvalue weighted by molar-refractivity contribution is -0.222. The highest BCUT2D eigenvalue weighted by molar-refractivity contribution is 5.82. The Kier molecular flexibility index (Phi) is 7.00. The Morgan fingerprint density at radius 3 is 2.61 bits per heavy atom. The van der Waals surface area contributed by atoms with Gasteiger partial charge in [0.1, 0.15) is 5.75 Å². The number of nitriles is 1. The monoisotopic (exact) mass is 423 g/mol. The van der Waals surface area contributed by atoms with Crippen LogP contribution in [0.4, 0.5) is 5.69 Å². The van der Waals surface area contributed by atoms with Gasteiger partial charge in [0.2, 0.25) is 5.96 Å². The first-order valence-corrected chi connectivity index (χ1v) is 10.1. The van der Waals surface area contributed by atoms with E-state index in [0.717, 1.165) is 11.1 Å². The van der Waals surface area contributed by atoms with Gasteiger partial charge in [0.05, 0.1) is 12.6 Å². The van der Waals surface area contributed by atoms with Crippen molar-refractivity contribution < 1.29 is 14.2 Å². The van der Waals surface area contributed by atoms with E-state index in [0.29, 0.717) is 23.9 Å². The van der Waals surface area contributed by atoms with Crippen LogP contribution in [0.2, 0.25) is 0 Å². The first-order chi connectivity index (χ1) is 14.9. The molecule has 0 saturated heterocycles. The molecule has 3 rings (SSSR count). The number of aliphatic imine (C=N–C) groups is 1. The molecule has 3 atom stereocenters. The number of rotatable bonds is 6. The van der Waals surface area contributed by atoms with Crippen LogP contribution in [0.25, 0.3) is 0 Å². The summed E-state index contributed by atoms with van der Waals surface area (Å²) in [4.78, 5) is 4.58. The predicted molar refractivity (Wildman–Crippen MR) is 119 cm³/mol. The maximum absolute atomic E-state index is 9.27. The largest absolute Gasteiger partial charge is 0.482 e. The minimum absolute atomic E-state index is 0.130. The van der Waals surface area contributed by atoms with Gasteiger partial charge >= 0.3 is 0 Å². The van der Waals surface area contributed by atoms with Gasteiger partial charge in [0.15, 0.2) is 18.1 Å². The van der Waals surface area contributed by atoms with Crippen LogP contribution in [0.5, 0.6) is 5.75 Å². The molecule has 0 spiro atoms. The van der Waals surface area contributed by atoms with Crippen molar-refractivity contribution in [3.8, 4) is 11.9 Å². The van der Waals surface area contributed by atoms with Crippen LogP contribution in [0, 0.1) is 17.4 Å². The molecule has 0 amide bonds. The fourth-order valence-corrected chi connectivity index (χ4v) is 3.94. The molecule has 4 N–H and O–H groups in total. The second-order valence-corrected chi connectivity index (χ2v) is 7.68. The smallest absolute Gasteiger partial charge is 0.205 e. The maximum atomic E-state index is 9.27. The molecule has 0 aliphatic carbocycles. The van der Waals surface area contributed by atoms with Crippen molar-refractivity contribution in [1.82, 2.24) is 10.6 Å². The molecule has 0 bridgehead atoms. The number of fused-ring (bicyclic) bond motifs is 1. The molecule has 164 valence electrons. The molecule has 8 nitrogen and oxygen atoms in total. The normalized spacial score (nSPS) is 22.9. The van der Waals surface area contributed by atoms with Gasteiger partial charge in [-0.3, -0.25) is 5.32 Å². The van der Waals surface area contributed by atoms with Crippen molar-refractivity contribution in [3.63, 3.8) is 0 Å². The van der Waals surface area contributed by atoms with Crippen molar-refractivity contribution in [3.05, 3.63) is 59.7 Å². The molecule has 0 radical (unpaired) electrons. The number of ether oxygens (including phenoxy) is 3. The van der Waals surface area contributed by atoms with Gasteiger partial charge in [0.25, 0.3) is 0 Å². The Balaban J connectivity index is 1.97. The number of guanidine groups is 1. The highest BCUT2D eigenvalue weighted by Crippen LogP contribution is 2.46. The molecular weight excluding hydrogens is 394 g/mol. The minimum atomic E-state index is -0.804. The van der Waals surface area contributed by atoms with E-state index in [1.54, 1.807) is 20.3 Å². The van der Waals surface area contributed by atoms with E-state index in [2.05, 4.69) is 15.6 Å². The minimum Gasteiger partial charge on any atom is -0.482 e. The van der Waals surface area contributed by atoms with Crippen molar-refractivity contribution in [2.45, 2.75) is 38.3 Å². The highest BCUT2D eigenvalue weighted by Gasteiger charge is 2.50. The molecule has 2 aromatic rings. The molecular formula is C23H29N5O3. The molecule has 0 saturated carbocycles. The number of nitrogen functional groups attached to an aromatic ring is 1. The van der Waals surface area contributed by atoms with E-state index in [1.807, 2.05) is 62.5 Å². The first kappa shape index (κ1) is 22.4. The number of hydrogen-bond acceptors (Lipinski definition) is 6. The van der Waals surface area contributed by atoms with Crippen LogP contribution < -0.4 is 21.1 Å². The van der Waals surface area contributed by atoms with Crippen molar-refractivity contribution in [2.24, 2.45) is 10.9 Å². The lowest BCUT2D eigenvalue weighted by Crippen LogP contribution is -2.58. The maximum Gasteiger partial charge on any atom is 0.205 e. The van der Waals surface area contributed by atoms with E-state index in [-0.39, 0.29) is 12.0 Å².